The van der Waals surface area contributed by atoms with Crippen LogP contribution in [0, 0.1) is 0 Å². The highest BCUT2D eigenvalue weighted by atomic mass is 16.2. The summed E-state index contributed by atoms with van der Waals surface area (Å²) in [6, 6.07) is 16.9. The monoisotopic (exact) mass is 306 g/mol. The van der Waals surface area contributed by atoms with E-state index in [1.807, 2.05) is 60.7 Å². The average Bonchev–Trinajstić information content (AvgIpc) is 2.55. The molecule has 4 nitrogen and oxygen atoms in total. The zero-order valence-corrected chi connectivity index (χ0v) is 12.9. The number of fused-ring (bicyclic) bond motifs is 1. The van der Waals surface area contributed by atoms with Crippen molar-refractivity contribution in [2.75, 3.05) is 5.32 Å². The van der Waals surface area contributed by atoms with Gasteiger partial charge in [0.25, 0.3) is 0 Å². The highest BCUT2D eigenvalue weighted by Crippen LogP contribution is 2.33. The van der Waals surface area contributed by atoms with Crippen LogP contribution in [-0.2, 0) is 9.59 Å². The van der Waals surface area contributed by atoms with Crippen molar-refractivity contribution in [3.05, 3.63) is 71.9 Å². The van der Waals surface area contributed by atoms with E-state index < -0.39 is 0 Å². The summed E-state index contributed by atoms with van der Waals surface area (Å²) < 4.78 is 0. The molecule has 0 saturated heterocycles. The lowest BCUT2D eigenvalue weighted by molar-refractivity contribution is -0.129. The fourth-order valence-corrected chi connectivity index (χ4v) is 2.82. The minimum atomic E-state index is -0.280. The molecule has 1 heterocycles. The standard InChI is InChI=1S/C19H18N2O2/c1-14(22)21-12-11-15-7-5-6-10-17(15)18(21)13-19(23)20-16-8-3-2-4-9-16/h2-12,18H,13H2,1H3,(H,20,23). The quantitative estimate of drug-likeness (QED) is 0.942. The molecule has 2 aromatic carbocycles. The van der Waals surface area contributed by atoms with E-state index in [1.165, 1.54) is 6.92 Å². The summed E-state index contributed by atoms with van der Waals surface area (Å²) in [5, 5.41) is 2.88. The van der Waals surface area contributed by atoms with Gasteiger partial charge in [-0.15, -0.1) is 0 Å². The van der Waals surface area contributed by atoms with Gasteiger partial charge in [-0.1, -0.05) is 42.5 Å². The van der Waals surface area contributed by atoms with Gasteiger partial charge < -0.3 is 10.2 Å². The van der Waals surface area contributed by atoms with Gasteiger partial charge in [-0.3, -0.25) is 9.59 Å². The Balaban J connectivity index is 1.82. The predicted molar refractivity (Wildman–Crippen MR) is 90.4 cm³/mol. The number of nitrogens with one attached hydrogen (secondary N) is 1. The third-order valence-corrected chi connectivity index (χ3v) is 3.91. The molecule has 0 aromatic heterocycles. The summed E-state index contributed by atoms with van der Waals surface area (Å²) in [5.74, 6) is -0.189. The van der Waals surface area contributed by atoms with Crippen molar-refractivity contribution in [3.63, 3.8) is 0 Å². The zero-order valence-electron chi connectivity index (χ0n) is 12.9. The van der Waals surface area contributed by atoms with Crippen molar-refractivity contribution >= 4 is 23.6 Å². The number of nitrogens with zero attached hydrogens (tertiary/aromatic N) is 1. The van der Waals surface area contributed by atoms with E-state index in [4.69, 9.17) is 0 Å². The summed E-state index contributed by atoms with van der Waals surface area (Å²) in [6.07, 6.45) is 3.88. The molecule has 4 heteroatoms. The maximum absolute atomic E-state index is 12.4. The van der Waals surface area contributed by atoms with Crippen molar-refractivity contribution < 1.29 is 9.59 Å². The summed E-state index contributed by atoms with van der Waals surface area (Å²) in [5.41, 5.74) is 2.79. The van der Waals surface area contributed by atoms with Gasteiger partial charge in [0.2, 0.25) is 11.8 Å². The lowest BCUT2D eigenvalue weighted by atomic mass is 9.93. The molecule has 1 atom stereocenters. The Bertz CT molecular complexity index is 753. The number of benzene rings is 2. The molecule has 0 bridgehead atoms. The van der Waals surface area contributed by atoms with Gasteiger partial charge in [-0.25, -0.2) is 0 Å². The molecular weight excluding hydrogens is 288 g/mol. The first-order valence-corrected chi connectivity index (χ1v) is 7.56. The second kappa shape index (κ2) is 6.48. The molecule has 116 valence electrons. The molecule has 0 radical (unpaired) electrons. The van der Waals surface area contributed by atoms with E-state index in [0.29, 0.717) is 0 Å². The van der Waals surface area contributed by atoms with E-state index in [-0.39, 0.29) is 24.3 Å². The third kappa shape index (κ3) is 3.31. The van der Waals surface area contributed by atoms with Crippen LogP contribution in [0.2, 0.25) is 0 Å². The molecule has 0 aliphatic carbocycles. The minimum Gasteiger partial charge on any atom is -0.326 e. The molecule has 1 aliphatic heterocycles. The Morgan fingerprint density at radius 3 is 2.48 bits per heavy atom. The van der Waals surface area contributed by atoms with E-state index >= 15 is 0 Å². The predicted octanol–water partition coefficient (Wildman–Crippen LogP) is 3.59. The van der Waals surface area contributed by atoms with Crippen LogP contribution in [0.15, 0.2) is 60.8 Å². The van der Waals surface area contributed by atoms with Crippen molar-refractivity contribution in [2.24, 2.45) is 0 Å². The molecule has 0 saturated carbocycles. The van der Waals surface area contributed by atoms with Crippen LogP contribution in [0.1, 0.15) is 30.5 Å². The van der Waals surface area contributed by atoms with Gasteiger partial charge in [-0.05, 0) is 29.3 Å². The van der Waals surface area contributed by atoms with Crippen LogP contribution in [0.4, 0.5) is 5.69 Å². The first-order chi connectivity index (χ1) is 11.1. The van der Waals surface area contributed by atoms with E-state index in [0.717, 1.165) is 16.8 Å². The molecule has 0 fully saturated rings. The second-order valence-corrected chi connectivity index (χ2v) is 5.51. The van der Waals surface area contributed by atoms with Crippen LogP contribution in [0.5, 0.6) is 0 Å². The molecule has 3 rings (SSSR count). The largest absolute Gasteiger partial charge is 0.326 e. The average molecular weight is 306 g/mol. The second-order valence-electron chi connectivity index (χ2n) is 5.51. The zero-order chi connectivity index (χ0) is 16.2. The van der Waals surface area contributed by atoms with E-state index in [9.17, 15) is 9.59 Å². The molecule has 23 heavy (non-hydrogen) atoms. The van der Waals surface area contributed by atoms with Crippen LogP contribution in [0.3, 0.4) is 0 Å². The van der Waals surface area contributed by atoms with Crippen molar-refractivity contribution in [1.29, 1.82) is 0 Å². The molecular formula is C19H18N2O2. The van der Waals surface area contributed by atoms with Crippen LogP contribution in [0.25, 0.3) is 6.08 Å². The fourth-order valence-electron chi connectivity index (χ4n) is 2.82. The Hall–Kier alpha value is -2.88. The van der Waals surface area contributed by atoms with Gasteiger partial charge in [0.1, 0.15) is 0 Å². The van der Waals surface area contributed by atoms with Gasteiger partial charge >= 0.3 is 0 Å². The van der Waals surface area contributed by atoms with Crippen LogP contribution in [-0.4, -0.2) is 16.7 Å². The number of carbonyl (C=O) groups excluding carboxylic acids is 2. The summed E-state index contributed by atoms with van der Waals surface area (Å²) in [7, 11) is 0. The SMILES string of the molecule is CC(=O)N1C=Cc2ccccc2C1CC(=O)Nc1ccccc1. The van der Waals surface area contributed by atoms with Gasteiger partial charge in [0.05, 0.1) is 12.5 Å². The number of hydrogen-bond donors (Lipinski definition) is 1. The highest BCUT2D eigenvalue weighted by molar-refractivity contribution is 5.92. The first-order valence-electron chi connectivity index (χ1n) is 7.56. The number of rotatable bonds is 3. The smallest absolute Gasteiger partial charge is 0.226 e. The molecule has 1 unspecified atom stereocenters. The third-order valence-electron chi connectivity index (χ3n) is 3.91. The number of amides is 2. The Labute approximate surface area is 135 Å². The number of carbonyl (C=O) groups is 2. The van der Waals surface area contributed by atoms with Gasteiger partial charge in [0, 0.05) is 18.8 Å². The summed E-state index contributed by atoms with van der Waals surface area (Å²) >= 11 is 0. The van der Waals surface area contributed by atoms with Gasteiger partial charge in [-0.2, -0.15) is 0 Å². The van der Waals surface area contributed by atoms with Crippen LogP contribution >= 0.6 is 0 Å². The lowest BCUT2D eigenvalue weighted by Crippen LogP contribution is -2.33. The Morgan fingerprint density at radius 1 is 1.04 bits per heavy atom. The maximum Gasteiger partial charge on any atom is 0.226 e. The lowest BCUT2D eigenvalue weighted by Gasteiger charge is -2.32. The summed E-state index contributed by atoms with van der Waals surface area (Å²) in [6.45, 7) is 1.51. The molecule has 0 spiro atoms. The van der Waals surface area contributed by atoms with Crippen molar-refractivity contribution in [2.45, 2.75) is 19.4 Å². The summed E-state index contributed by atoms with van der Waals surface area (Å²) in [4.78, 5) is 25.9. The molecule has 2 aromatic rings. The van der Waals surface area contributed by atoms with Crippen molar-refractivity contribution in [3.8, 4) is 0 Å². The van der Waals surface area contributed by atoms with E-state index in [2.05, 4.69) is 5.32 Å². The van der Waals surface area contributed by atoms with Crippen molar-refractivity contribution in [1.82, 2.24) is 4.90 Å². The molecule has 2 amide bonds. The van der Waals surface area contributed by atoms with Gasteiger partial charge in [0.15, 0.2) is 0 Å². The number of para-hydroxylation sites is 1. The molecule has 1 aliphatic rings. The number of anilines is 1. The van der Waals surface area contributed by atoms with Crippen LogP contribution < -0.4 is 5.32 Å². The fraction of sp³-hybridized carbons (Fsp3) is 0.158. The topological polar surface area (TPSA) is 49.4 Å². The normalized spacial score (nSPS) is 15.9. The Morgan fingerprint density at radius 2 is 1.74 bits per heavy atom. The maximum atomic E-state index is 12.4. The minimum absolute atomic E-state index is 0.0757. The van der Waals surface area contributed by atoms with E-state index in [1.54, 1.807) is 11.1 Å². The Kier molecular flexibility index (Phi) is 4.24. The molecule has 1 N–H and O–H groups in total. The highest BCUT2D eigenvalue weighted by Gasteiger charge is 2.28. The first kappa shape index (κ1) is 15.0. The number of hydrogen-bond acceptors (Lipinski definition) is 2.